The molecule has 0 aromatic heterocycles. The van der Waals surface area contributed by atoms with Crippen molar-refractivity contribution in [2.45, 2.75) is 50.7 Å². The van der Waals surface area contributed by atoms with E-state index < -0.39 is 0 Å². The van der Waals surface area contributed by atoms with Crippen molar-refractivity contribution in [3.63, 3.8) is 0 Å². The highest BCUT2D eigenvalue weighted by Gasteiger charge is 2.43. The Hall–Kier alpha value is -1.55. The Kier molecular flexibility index (Phi) is 3.42. The Balaban J connectivity index is 1.75. The molecule has 1 spiro atoms. The van der Waals surface area contributed by atoms with E-state index in [1.807, 2.05) is 0 Å². The predicted octanol–water partition coefficient (Wildman–Crippen LogP) is 2.95. The van der Waals surface area contributed by atoms with Crippen molar-refractivity contribution in [2.75, 3.05) is 12.3 Å². The quantitative estimate of drug-likeness (QED) is 0.680. The number of nitrogen functional groups attached to an aromatic ring is 1. The number of anilines is 1. The van der Waals surface area contributed by atoms with Gasteiger partial charge in [0.05, 0.1) is 17.8 Å². The average molecular weight is 275 g/mol. The van der Waals surface area contributed by atoms with Crippen LogP contribution in [0.4, 0.5) is 5.69 Å². The second kappa shape index (κ2) is 5.09. The third-order valence-corrected chi connectivity index (χ3v) is 4.39. The molecular formula is C16H21NO3. The third-order valence-electron chi connectivity index (χ3n) is 4.39. The standard InChI is InChI=1S/C16H21NO3/c1-11(18)14-9-12(17)3-4-15(14)20-13-5-8-19-16(10-13)6-2-7-16/h3-4,9,13H,2,5-8,10,17H2,1H3. The van der Waals surface area contributed by atoms with Gasteiger partial charge in [-0.2, -0.15) is 0 Å². The molecule has 1 aliphatic heterocycles. The molecule has 2 aliphatic rings. The summed E-state index contributed by atoms with van der Waals surface area (Å²) < 4.78 is 12.0. The maximum atomic E-state index is 11.7. The van der Waals surface area contributed by atoms with Crippen LogP contribution in [0.3, 0.4) is 0 Å². The van der Waals surface area contributed by atoms with Crippen molar-refractivity contribution < 1.29 is 14.3 Å². The molecule has 1 atom stereocenters. The normalized spacial score (nSPS) is 24.1. The molecule has 1 aromatic rings. The van der Waals surface area contributed by atoms with E-state index in [-0.39, 0.29) is 17.5 Å². The van der Waals surface area contributed by atoms with Crippen molar-refractivity contribution in [1.82, 2.24) is 0 Å². The molecule has 3 rings (SSSR count). The van der Waals surface area contributed by atoms with Crippen LogP contribution in [0.25, 0.3) is 0 Å². The van der Waals surface area contributed by atoms with Gasteiger partial charge in [-0.1, -0.05) is 0 Å². The van der Waals surface area contributed by atoms with Crippen LogP contribution < -0.4 is 10.5 Å². The van der Waals surface area contributed by atoms with Crippen LogP contribution in [0, 0.1) is 0 Å². The number of hydrogen-bond acceptors (Lipinski definition) is 4. The van der Waals surface area contributed by atoms with Crippen LogP contribution in [0.15, 0.2) is 18.2 Å². The average Bonchev–Trinajstić information content (AvgIpc) is 2.39. The van der Waals surface area contributed by atoms with Gasteiger partial charge in [-0.3, -0.25) is 4.79 Å². The molecule has 0 bridgehead atoms. The second-order valence-electron chi connectivity index (χ2n) is 5.93. The molecule has 4 heteroatoms. The first-order valence-electron chi connectivity index (χ1n) is 7.29. The molecule has 2 fully saturated rings. The van der Waals surface area contributed by atoms with Crippen LogP contribution in [0.2, 0.25) is 0 Å². The van der Waals surface area contributed by atoms with Crippen LogP contribution in [0.1, 0.15) is 49.4 Å². The van der Waals surface area contributed by atoms with Gasteiger partial charge in [0.2, 0.25) is 0 Å². The van der Waals surface area contributed by atoms with Crippen LogP contribution in [-0.2, 0) is 4.74 Å². The van der Waals surface area contributed by atoms with Gasteiger partial charge in [0, 0.05) is 18.5 Å². The van der Waals surface area contributed by atoms with Crippen LogP contribution in [-0.4, -0.2) is 24.1 Å². The number of rotatable bonds is 3. The molecule has 1 aromatic carbocycles. The van der Waals surface area contributed by atoms with Crippen molar-refractivity contribution in [3.05, 3.63) is 23.8 Å². The van der Waals surface area contributed by atoms with Crippen LogP contribution in [0.5, 0.6) is 5.75 Å². The fourth-order valence-corrected chi connectivity index (χ4v) is 3.11. The summed E-state index contributed by atoms with van der Waals surface area (Å²) in [4.78, 5) is 11.7. The van der Waals surface area contributed by atoms with Crippen molar-refractivity contribution >= 4 is 11.5 Å². The second-order valence-corrected chi connectivity index (χ2v) is 5.93. The van der Waals surface area contributed by atoms with E-state index in [2.05, 4.69) is 0 Å². The Labute approximate surface area is 119 Å². The Morgan fingerprint density at radius 2 is 2.25 bits per heavy atom. The lowest BCUT2D eigenvalue weighted by atomic mass is 9.74. The van der Waals surface area contributed by atoms with Gasteiger partial charge in [0.25, 0.3) is 0 Å². The number of Topliss-reactive ketones (excluding diaryl/α,β-unsaturated/α-hetero) is 1. The zero-order valence-corrected chi connectivity index (χ0v) is 11.9. The van der Waals surface area contributed by atoms with E-state index in [1.54, 1.807) is 25.1 Å². The molecule has 2 N–H and O–H groups in total. The fraction of sp³-hybridized carbons (Fsp3) is 0.562. The lowest BCUT2D eigenvalue weighted by Gasteiger charge is -2.47. The number of ketones is 1. The van der Waals surface area contributed by atoms with Gasteiger partial charge >= 0.3 is 0 Å². The topological polar surface area (TPSA) is 61.6 Å². The van der Waals surface area contributed by atoms with Gasteiger partial charge in [-0.15, -0.1) is 0 Å². The van der Waals surface area contributed by atoms with E-state index in [1.165, 1.54) is 6.42 Å². The summed E-state index contributed by atoms with van der Waals surface area (Å²) >= 11 is 0. The van der Waals surface area contributed by atoms with Gasteiger partial charge in [-0.05, 0) is 44.4 Å². The number of carbonyl (C=O) groups is 1. The molecule has 1 saturated carbocycles. The van der Waals surface area contributed by atoms with E-state index >= 15 is 0 Å². The molecule has 1 aliphatic carbocycles. The zero-order chi connectivity index (χ0) is 14.2. The molecule has 0 radical (unpaired) electrons. The highest BCUT2D eigenvalue weighted by molar-refractivity contribution is 5.97. The van der Waals surface area contributed by atoms with E-state index in [0.29, 0.717) is 17.0 Å². The molecule has 108 valence electrons. The molecular weight excluding hydrogens is 254 g/mol. The molecule has 1 heterocycles. The minimum Gasteiger partial charge on any atom is -0.489 e. The highest BCUT2D eigenvalue weighted by Crippen LogP contribution is 2.43. The lowest BCUT2D eigenvalue weighted by Crippen LogP contribution is -2.48. The maximum Gasteiger partial charge on any atom is 0.163 e. The summed E-state index contributed by atoms with van der Waals surface area (Å²) in [6.45, 7) is 2.29. The van der Waals surface area contributed by atoms with E-state index in [9.17, 15) is 4.79 Å². The Morgan fingerprint density at radius 3 is 2.90 bits per heavy atom. The van der Waals surface area contributed by atoms with Gasteiger partial charge in [0.15, 0.2) is 5.78 Å². The number of ether oxygens (including phenoxy) is 2. The Morgan fingerprint density at radius 1 is 1.45 bits per heavy atom. The third kappa shape index (κ3) is 2.52. The molecule has 20 heavy (non-hydrogen) atoms. The summed E-state index contributed by atoms with van der Waals surface area (Å²) in [5.74, 6) is 0.630. The van der Waals surface area contributed by atoms with Gasteiger partial charge < -0.3 is 15.2 Å². The zero-order valence-electron chi connectivity index (χ0n) is 11.9. The molecule has 1 saturated heterocycles. The first-order valence-corrected chi connectivity index (χ1v) is 7.29. The smallest absolute Gasteiger partial charge is 0.163 e. The molecule has 4 nitrogen and oxygen atoms in total. The SMILES string of the molecule is CC(=O)c1cc(N)ccc1OC1CCOC2(CCC2)C1. The monoisotopic (exact) mass is 275 g/mol. The maximum absolute atomic E-state index is 11.7. The number of benzene rings is 1. The largest absolute Gasteiger partial charge is 0.489 e. The van der Waals surface area contributed by atoms with Gasteiger partial charge in [-0.25, -0.2) is 0 Å². The van der Waals surface area contributed by atoms with Crippen molar-refractivity contribution in [3.8, 4) is 5.75 Å². The lowest BCUT2D eigenvalue weighted by molar-refractivity contribution is -0.153. The first kappa shape index (κ1) is 13.4. The summed E-state index contributed by atoms with van der Waals surface area (Å²) in [6, 6.07) is 5.27. The highest BCUT2D eigenvalue weighted by atomic mass is 16.5. The van der Waals surface area contributed by atoms with E-state index in [4.69, 9.17) is 15.2 Å². The summed E-state index contributed by atoms with van der Waals surface area (Å²) in [5.41, 5.74) is 6.95. The molecule has 0 amide bonds. The molecule has 1 unspecified atom stereocenters. The minimum atomic E-state index is -0.0160. The van der Waals surface area contributed by atoms with Gasteiger partial charge in [0.1, 0.15) is 11.9 Å². The Bertz CT molecular complexity index is 522. The van der Waals surface area contributed by atoms with Crippen molar-refractivity contribution in [1.29, 1.82) is 0 Å². The van der Waals surface area contributed by atoms with Crippen LogP contribution >= 0.6 is 0 Å². The summed E-state index contributed by atoms with van der Waals surface area (Å²) in [7, 11) is 0. The van der Waals surface area contributed by atoms with E-state index in [0.717, 1.165) is 32.3 Å². The predicted molar refractivity (Wildman–Crippen MR) is 77.0 cm³/mol. The van der Waals surface area contributed by atoms with Crippen molar-refractivity contribution in [2.24, 2.45) is 0 Å². The fourth-order valence-electron chi connectivity index (χ4n) is 3.11. The number of nitrogens with two attached hydrogens (primary N) is 1. The number of carbonyl (C=O) groups excluding carboxylic acids is 1. The minimum absolute atomic E-state index is 0.0160. The summed E-state index contributed by atoms with van der Waals surface area (Å²) in [5, 5.41) is 0. The first-order chi connectivity index (χ1) is 9.58. The summed E-state index contributed by atoms with van der Waals surface area (Å²) in [6.07, 6.45) is 5.44. The number of hydrogen-bond donors (Lipinski definition) is 1.